The maximum absolute atomic E-state index is 14.1. The fourth-order valence-electron chi connectivity index (χ4n) is 4.93. The van der Waals surface area contributed by atoms with Crippen LogP contribution >= 0.6 is 11.3 Å². The fraction of sp³-hybridized carbons (Fsp3) is 0.778. The standard InChI is InChI=1S/C27H47N5O4S/c1-8-19(4)24(30-26(34)22-11-9-10-14-31(22)6)27(35)32(15-16-36-7)21(18(2)3)12-13-23-29-20(17-37-23)25(33)28-5/h17-19,21-22,24H,8-16H2,1-7H3,(H,28,33)(H,30,34)/t19-,21+,22+,24-/m0/s1. The number of hydrogen-bond acceptors (Lipinski definition) is 7. The van der Waals surface area contributed by atoms with Gasteiger partial charge in [-0.3, -0.25) is 19.3 Å². The van der Waals surface area contributed by atoms with E-state index in [1.165, 1.54) is 11.3 Å². The maximum atomic E-state index is 14.1. The molecule has 0 unspecified atom stereocenters. The molecule has 1 aromatic rings. The van der Waals surface area contributed by atoms with Crippen LogP contribution in [0.3, 0.4) is 0 Å². The molecule has 9 nitrogen and oxygen atoms in total. The topological polar surface area (TPSA) is 104 Å². The molecule has 2 N–H and O–H groups in total. The number of carbonyl (C=O) groups is 3. The van der Waals surface area contributed by atoms with E-state index in [2.05, 4.69) is 41.3 Å². The molecule has 1 aliphatic rings. The lowest BCUT2D eigenvalue weighted by Gasteiger charge is -2.39. The number of amides is 3. The molecule has 0 radical (unpaired) electrons. The third-order valence-electron chi connectivity index (χ3n) is 7.50. The van der Waals surface area contributed by atoms with E-state index in [0.717, 1.165) is 37.2 Å². The molecule has 0 spiro atoms. The van der Waals surface area contributed by atoms with Crippen LogP contribution in [0.1, 0.15) is 75.3 Å². The number of ether oxygens (including phenoxy) is 1. The molecule has 0 aliphatic carbocycles. The minimum atomic E-state index is -0.592. The van der Waals surface area contributed by atoms with E-state index in [1.54, 1.807) is 19.5 Å². The van der Waals surface area contributed by atoms with Gasteiger partial charge >= 0.3 is 0 Å². The highest BCUT2D eigenvalue weighted by molar-refractivity contribution is 7.09. The van der Waals surface area contributed by atoms with Gasteiger partial charge in [0.25, 0.3) is 5.91 Å². The molecule has 210 valence electrons. The van der Waals surface area contributed by atoms with Gasteiger partial charge in [0.1, 0.15) is 11.7 Å². The van der Waals surface area contributed by atoms with Crippen LogP contribution in [0.2, 0.25) is 0 Å². The second-order valence-corrected chi connectivity index (χ2v) is 11.4. The van der Waals surface area contributed by atoms with Gasteiger partial charge in [-0.05, 0) is 44.7 Å². The van der Waals surface area contributed by atoms with Gasteiger partial charge in [-0.25, -0.2) is 4.98 Å². The number of methoxy groups -OCH3 is 1. The molecule has 0 aromatic carbocycles. The summed E-state index contributed by atoms with van der Waals surface area (Å²) in [5.74, 6) is -0.120. The lowest BCUT2D eigenvalue weighted by atomic mass is 9.92. The third kappa shape index (κ3) is 8.75. The van der Waals surface area contributed by atoms with Crippen molar-refractivity contribution in [2.24, 2.45) is 11.8 Å². The number of hydrogen-bond donors (Lipinski definition) is 2. The number of likely N-dealkylation sites (tertiary alicyclic amines) is 1. The monoisotopic (exact) mass is 537 g/mol. The molecule has 1 fully saturated rings. The van der Waals surface area contributed by atoms with Gasteiger partial charge < -0.3 is 20.3 Å². The first-order valence-electron chi connectivity index (χ1n) is 13.6. The zero-order valence-corrected chi connectivity index (χ0v) is 24.5. The Bertz CT molecular complexity index is 877. The first kappa shape index (κ1) is 31.2. The van der Waals surface area contributed by atoms with Crippen molar-refractivity contribution in [1.29, 1.82) is 0 Å². The number of likely N-dealkylation sites (N-methyl/N-ethyl adjacent to an activating group) is 1. The number of rotatable bonds is 14. The minimum absolute atomic E-state index is 0.00252. The Kier molecular flexibility index (Phi) is 13.0. The van der Waals surface area contributed by atoms with Crippen molar-refractivity contribution in [2.75, 3.05) is 40.9 Å². The highest BCUT2D eigenvalue weighted by atomic mass is 32.1. The van der Waals surface area contributed by atoms with Crippen molar-refractivity contribution < 1.29 is 19.1 Å². The summed E-state index contributed by atoms with van der Waals surface area (Å²) in [5, 5.41) is 8.39. The highest BCUT2D eigenvalue weighted by Gasteiger charge is 2.36. The average molecular weight is 538 g/mol. The zero-order chi connectivity index (χ0) is 27.5. The minimum Gasteiger partial charge on any atom is -0.383 e. The van der Waals surface area contributed by atoms with Gasteiger partial charge in [0.15, 0.2) is 0 Å². The average Bonchev–Trinajstić information content (AvgIpc) is 3.36. The predicted octanol–water partition coefficient (Wildman–Crippen LogP) is 2.95. The van der Waals surface area contributed by atoms with Crippen molar-refractivity contribution in [3.8, 4) is 0 Å². The molecule has 10 heteroatoms. The van der Waals surface area contributed by atoms with E-state index in [1.807, 2.05) is 18.9 Å². The fourth-order valence-corrected chi connectivity index (χ4v) is 5.72. The van der Waals surface area contributed by atoms with Gasteiger partial charge in [0, 0.05) is 38.5 Å². The molecule has 3 amide bonds. The lowest BCUT2D eigenvalue weighted by Crippen LogP contribution is -2.59. The summed E-state index contributed by atoms with van der Waals surface area (Å²) in [6.07, 6.45) is 5.09. The van der Waals surface area contributed by atoms with Gasteiger partial charge in [-0.1, -0.05) is 40.5 Å². The van der Waals surface area contributed by atoms with Crippen molar-refractivity contribution in [3.63, 3.8) is 0 Å². The Hall–Kier alpha value is -2.04. The van der Waals surface area contributed by atoms with Gasteiger partial charge in [-0.2, -0.15) is 0 Å². The quantitative estimate of drug-likeness (QED) is 0.378. The Morgan fingerprint density at radius 1 is 1.27 bits per heavy atom. The summed E-state index contributed by atoms with van der Waals surface area (Å²) in [7, 11) is 5.21. The molecular formula is C27H47N5O4S. The number of nitrogens with zero attached hydrogens (tertiary/aromatic N) is 3. The van der Waals surface area contributed by atoms with Gasteiger partial charge in [0.05, 0.1) is 17.7 Å². The van der Waals surface area contributed by atoms with E-state index >= 15 is 0 Å². The van der Waals surface area contributed by atoms with Crippen LogP contribution < -0.4 is 10.6 Å². The smallest absolute Gasteiger partial charge is 0.270 e. The van der Waals surface area contributed by atoms with Crippen LogP contribution in [0.25, 0.3) is 0 Å². The number of aryl methyl sites for hydroxylation is 1. The Labute approximate surface area is 226 Å². The molecule has 4 atom stereocenters. The van der Waals surface area contributed by atoms with Crippen LogP contribution in [0.15, 0.2) is 5.38 Å². The summed E-state index contributed by atoms with van der Waals surface area (Å²) in [6.45, 7) is 10.1. The highest BCUT2D eigenvalue weighted by Crippen LogP contribution is 2.23. The van der Waals surface area contributed by atoms with Crippen molar-refractivity contribution in [3.05, 3.63) is 16.1 Å². The Balaban J connectivity index is 2.24. The molecule has 0 bridgehead atoms. The molecule has 37 heavy (non-hydrogen) atoms. The lowest BCUT2D eigenvalue weighted by molar-refractivity contribution is -0.142. The number of carbonyl (C=O) groups excluding carboxylic acids is 3. The molecule has 1 aromatic heterocycles. The molecular weight excluding hydrogens is 490 g/mol. The normalized spacial score (nSPS) is 18.8. The summed E-state index contributed by atoms with van der Waals surface area (Å²) in [6, 6.07) is -0.845. The van der Waals surface area contributed by atoms with Crippen LogP contribution in [0.5, 0.6) is 0 Å². The number of piperidine rings is 1. The molecule has 1 aliphatic heterocycles. The summed E-state index contributed by atoms with van der Waals surface area (Å²) >= 11 is 1.46. The van der Waals surface area contributed by atoms with E-state index in [9.17, 15) is 14.4 Å². The second-order valence-electron chi connectivity index (χ2n) is 10.4. The Morgan fingerprint density at radius 2 is 2.00 bits per heavy atom. The number of thiazole rings is 1. The van der Waals surface area contributed by atoms with E-state index in [0.29, 0.717) is 31.7 Å². The van der Waals surface area contributed by atoms with Crippen LogP contribution in [0.4, 0.5) is 0 Å². The molecule has 2 rings (SSSR count). The zero-order valence-electron chi connectivity index (χ0n) is 23.7. The van der Waals surface area contributed by atoms with Crippen LogP contribution in [0, 0.1) is 11.8 Å². The van der Waals surface area contributed by atoms with Crippen molar-refractivity contribution in [2.45, 2.75) is 84.3 Å². The molecule has 0 saturated carbocycles. The summed E-state index contributed by atoms with van der Waals surface area (Å²) in [4.78, 5) is 47.8. The van der Waals surface area contributed by atoms with E-state index < -0.39 is 6.04 Å². The Morgan fingerprint density at radius 3 is 2.59 bits per heavy atom. The third-order valence-corrected chi connectivity index (χ3v) is 8.41. The molecule has 2 heterocycles. The van der Waals surface area contributed by atoms with Crippen LogP contribution in [-0.4, -0.2) is 91.5 Å². The summed E-state index contributed by atoms with van der Waals surface area (Å²) < 4.78 is 5.37. The van der Waals surface area contributed by atoms with Crippen LogP contribution in [-0.2, 0) is 20.7 Å². The largest absolute Gasteiger partial charge is 0.383 e. The van der Waals surface area contributed by atoms with Gasteiger partial charge in [0.2, 0.25) is 11.8 Å². The predicted molar refractivity (Wildman–Crippen MR) is 148 cm³/mol. The van der Waals surface area contributed by atoms with E-state index in [-0.39, 0.29) is 41.6 Å². The first-order chi connectivity index (χ1) is 17.6. The van der Waals surface area contributed by atoms with Crippen molar-refractivity contribution >= 4 is 29.1 Å². The number of aromatic nitrogens is 1. The molecule has 1 saturated heterocycles. The van der Waals surface area contributed by atoms with E-state index in [4.69, 9.17) is 4.74 Å². The number of nitrogens with one attached hydrogen (secondary N) is 2. The second kappa shape index (κ2) is 15.4. The van der Waals surface area contributed by atoms with Gasteiger partial charge in [-0.15, -0.1) is 11.3 Å². The first-order valence-corrected chi connectivity index (χ1v) is 14.5. The SMILES string of the molecule is CC[C@H](C)[C@H](NC(=O)[C@H]1CCCCN1C)C(=O)N(CCOC)[C@H](CCc1nc(C(=O)NC)cs1)C(C)C. The maximum Gasteiger partial charge on any atom is 0.270 e. The summed E-state index contributed by atoms with van der Waals surface area (Å²) in [5.41, 5.74) is 0.420. The van der Waals surface area contributed by atoms with Crippen molar-refractivity contribution in [1.82, 2.24) is 25.4 Å².